The molecule has 0 bridgehead atoms. The molecule has 3 rings (SSSR count). The van der Waals surface area contributed by atoms with E-state index in [1.165, 1.54) is 17.8 Å². The molecule has 0 unspecified atom stereocenters. The number of nitrogens with zero attached hydrogens (tertiary/aromatic N) is 3. The third-order valence-corrected chi connectivity index (χ3v) is 4.09. The minimum atomic E-state index is 0.0112. The summed E-state index contributed by atoms with van der Waals surface area (Å²) in [5, 5.41) is 23.9. The maximum Gasteiger partial charge on any atom is 0.128 e. The number of phenols is 2. The van der Waals surface area contributed by atoms with Crippen molar-refractivity contribution in [2.24, 2.45) is 0 Å². The van der Waals surface area contributed by atoms with Gasteiger partial charge in [0.25, 0.3) is 0 Å². The van der Waals surface area contributed by atoms with Gasteiger partial charge in [0.2, 0.25) is 0 Å². The molecule has 0 aliphatic heterocycles. The van der Waals surface area contributed by atoms with Crippen molar-refractivity contribution < 1.29 is 10.2 Å². The van der Waals surface area contributed by atoms with Crippen LogP contribution in [0, 0.1) is 0 Å². The SMILES string of the molecule is CCN(CC)c1ccc(-n2ccc(-c3ccc(O)cc3O)n2)cc1. The van der Waals surface area contributed by atoms with E-state index in [4.69, 9.17) is 0 Å². The Morgan fingerprint density at radius 1 is 0.958 bits per heavy atom. The second-order valence-electron chi connectivity index (χ2n) is 5.54. The summed E-state index contributed by atoms with van der Waals surface area (Å²) in [5.41, 5.74) is 3.38. The Hall–Kier alpha value is -2.95. The molecule has 3 aromatic rings. The number of hydrogen-bond acceptors (Lipinski definition) is 4. The van der Waals surface area contributed by atoms with Gasteiger partial charge in [-0.2, -0.15) is 5.10 Å². The van der Waals surface area contributed by atoms with Crippen molar-refractivity contribution in [2.75, 3.05) is 18.0 Å². The predicted molar refractivity (Wildman–Crippen MR) is 95.9 cm³/mol. The lowest BCUT2D eigenvalue weighted by atomic mass is 10.1. The van der Waals surface area contributed by atoms with Crippen molar-refractivity contribution in [3.8, 4) is 28.4 Å². The van der Waals surface area contributed by atoms with Gasteiger partial charge in [-0.05, 0) is 56.3 Å². The average Bonchev–Trinajstić information content (AvgIpc) is 3.06. The van der Waals surface area contributed by atoms with Crippen LogP contribution in [0.5, 0.6) is 11.5 Å². The molecule has 124 valence electrons. The number of benzene rings is 2. The van der Waals surface area contributed by atoms with Gasteiger partial charge in [-0.15, -0.1) is 0 Å². The second kappa shape index (κ2) is 6.66. The molecule has 2 N–H and O–H groups in total. The third kappa shape index (κ3) is 3.06. The monoisotopic (exact) mass is 323 g/mol. The highest BCUT2D eigenvalue weighted by Crippen LogP contribution is 2.31. The van der Waals surface area contributed by atoms with Crippen molar-refractivity contribution in [3.05, 3.63) is 54.7 Å². The van der Waals surface area contributed by atoms with Gasteiger partial charge in [-0.25, -0.2) is 4.68 Å². The fourth-order valence-corrected chi connectivity index (χ4v) is 2.75. The number of phenolic OH excluding ortho intramolecular Hbond substituents is 2. The molecule has 0 fully saturated rings. The summed E-state index contributed by atoms with van der Waals surface area (Å²) in [5.74, 6) is 0.0415. The number of rotatable bonds is 5. The van der Waals surface area contributed by atoms with Crippen LogP contribution in [0.2, 0.25) is 0 Å². The fraction of sp³-hybridized carbons (Fsp3) is 0.211. The summed E-state index contributed by atoms with van der Waals surface area (Å²) < 4.78 is 1.77. The number of aromatic nitrogens is 2. The zero-order chi connectivity index (χ0) is 17.1. The van der Waals surface area contributed by atoms with E-state index >= 15 is 0 Å². The van der Waals surface area contributed by atoms with Crippen molar-refractivity contribution in [3.63, 3.8) is 0 Å². The van der Waals surface area contributed by atoms with Crippen molar-refractivity contribution in [1.82, 2.24) is 9.78 Å². The van der Waals surface area contributed by atoms with Crippen molar-refractivity contribution in [2.45, 2.75) is 13.8 Å². The molecule has 0 saturated heterocycles. The van der Waals surface area contributed by atoms with E-state index in [0.717, 1.165) is 18.8 Å². The Morgan fingerprint density at radius 3 is 2.29 bits per heavy atom. The topological polar surface area (TPSA) is 61.5 Å². The Balaban J connectivity index is 1.88. The molecule has 0 atom stereocenters. The summed E-state index contributed by atoms with van der Waals surface area (Å²) in [6, 6.07) is 14.6. The van der Waals surface area contributed by atoms with E-state index in [-0.39, 0.29) is 11.5 Å². The minimum absolute atomic E-state index is 0.0112. The lowest BCUT2D eigenvalue weighted by Gasteiger charge is -2.21. The van der Waals surface area contributed by atoms with Gasteiger partial charge in [-0.1, -0.05) is 0 Å². The molecule has 0 radical (unpaired) electrons. The van der Waals surface area contributed by atoms with E-state index in [9.17, 15) is 10.2 Å². The maximum absolute atomic E-state index is 9.96. The highest BCUT2D eigenvalue weighted by atomic mass is 16.3. The summed E-state index contributed by atoms with van der Waals surface area (Å²) in [4.78, 5) is 2.28. The van der Waals surface area contributed by atoms with Crippen LogP contribution >= 0.6 is 0 Å². The Labute approximate surface area is 141 Å². The van der Waals surface area contributed by atoms with E-state index in [1.54, 1.807) is 10.7 Å². The van der Waals surface area contributed by atoms with Gasteiger partial charge in [0.15, 0.2) is 0 Å². The number of anilines is 1. The van der Waals surface area contributed by atoms with Gasteiger partial charge in [-0.3, -0.25) is 0 Å². The summed E-state index contributed by atoms with van der Waals surface area (Å²) in [6.07, 6.45) is 1.86. The molecule has 2 aromatic carbocycles. The first-order chi connectivity index (χ1) is 11.6. The molecular weight excluding hydrogens is 302 g/mol. The van der Waals surface area contributed by atoms with E-state index < -0.39 is 0 Å². The molecule has 1 aromatic heterocycles. The number of hydrogen-bond donors (Lipinski definition) is 2. The molecule has 0 saturated carbocycles. The Morgan fingerprint density at radius 2 is 1.67 bits per heavy atom. The molecule has 0 aliphatic rings. The predicted octanol–water partition coefficient (Wildman–Crippen LogP) is 3.80. The molecule has 24 heavy (non-hydrogen) atoms. The lowest BCUT2D eigenvalue weighted by Crippen LogP contribution is -2.21. The third-order valence-electron chi connectivity index (χ3n) is 4.09. The standard InChI is InChI=1S/C19H21N3O2/c1-3-21(4-2)14-5-7-15(8-6-14)22-12-11-18(20-22)17-10-9-16(23)13-19(17)24/h5-13,23-24H,3-4H2,1-2H3. The minimum Gasteiger partial charge on any atom is -0.508 e. The van der Waals surface area contributed by atoms with Crippen molar-refractivity contribution >= 4 is 5.69 Å². The van der Waals surface area contributed by atoms with E-state index in [2.05, 4.69) is 36.0 Å². The molecule has 0 aliphatic carbocycles. The van der Waals surface area contributed by atoms with Crippen LogP contribution < -0.4 is 4.90 Å². The summed E-state index contributed by atoms with van der Waals surface area (Å²) in [6.45, 7) is 6.23. The highest BCUT2D eigenvalue weighted by molar-refractivity contribution is 5.68. The van der Waals surface area contributed by atoms with Crippen LogP contribution in [0.25, 0.3) is 16.9 Å². The zero-order valence-electron chi connectivity index (χ0n) is 13.8. The van der Waals surface area contributed by atoms with Crippen LogP contribution in [0.1, 0.15) is 13.8 Å². The average molecular weight is 323 g/mol. The van der Waals surface area contributed by atoms with Gasteiger partial charge in [0.1, 0.15) is 11.5 Å². The number of aromatic hydroxyl groups is 2. The van der Waals surface area contributed by atoms with Gasteiger partial charge >= 0.3 is 0 Å². The van der Waals surface area contributed by atoms with Crippen LogP contribution in [-0.4, -0.2) is 33.1 Å². The summed E-state index contributed by atoms with van der Waals surface area (Å²) >= 11 is 0. The van der Waals surface area contributed by atoms with Crippen LogP contribution in [0.15, 0.2) is 54.7 Å². The molecule has 5 heteroatoms. The molecule has 5 nitrogen and oxygen atoms in total. The van der Waals surface area contributed by atoms with Crippen LogP contribution in [0.3, 0.4) is 0 Å². The van der Waals surface area contributed by atoms with Crippen LogP contribution in [-0.2, 0) is 0 Å². The van der Waals surface area contributed by atoms with Crippen molar-refractivity contribution in [1.29, 1.82) is 0 Å². The molecule has 0 amide bonds. The highest BCUT2D eigenvalue weighted by Gasteiger charge is 2.09. The lowest BCUT2D eigenvalue weighted by molar-refractivity contribution is 0.451. The maximum atomic E-state index is 9.96. The quantitative estimate of drug-likeness (QED) is 0.750. The molecule has 0 spiro atoms. The smallest absolute Gasteiger partial charge is 0.128 e. The Bertz CT molecular complexity index is 821. The van der Waals surface area contributed by atoms with Gasteiger partial charge in [0.05, 0.1) is 11.4 Å². The molecular formula is C19H21N3O2. The first-order valence-electron chi connectivity index (χ1n) is 8.05. The normalized spacial score (nSPS) is 10.8. The van der Waals surface area contributed by atoms with Gasteiger partial charge < -0.3 is 15.1 Å². The largest absolute Gasteiger partial charge is 0.508 e. The Kier molecular flexibility index (Phi) is 4.42. The van der Waals surface area contributed by atoms with E-state index in [1.807, 2.05) is 24.4 Å². The fourth-order valence-electron chi connectivity index (χ4n) is 2.75. The van der Waals surface area contributed by atoms with E-state index in [0.29, 0.717) is 11.3 Å². The van der Waals surface area contributed by atoms with Gasteiger partial charge in [0, 0.05) is 36.6 Å². The second-order valence-corrected chi connectivity index (χ2v) is 5.54. The first kappa shape index (κ1) is 15.9. The summed E-state index contributed by atoms with van der Waals surface area (Å²) in [7, 11) is 0. The molecule has 1 heterocycles. The zero-order valence-corrected chi connectivity index (χ0v) is 13.8. The van der Waals surface area contributed by atoms with Crippen LogP contribution in [0.4, 0.5) is 5.69 Å². The first-order valence-corrected chi connectivity index (χ1v) is 8.05.